The molecule has 0 aliphatic rings. The van der Waals surface area contributed by atoms with Crippen molar-refractivity contribution < 1.29 is 4.79 Å². The molecule has 0 aliphatic heterocycles. The van der Waals surface area contributed by atoms with E-state index >= 15 is 0 Å². The molecule has 0 saturated carbocycles. The van der Waals surface area contributed by atoms with Gasteiger partial charge in [-0.2, -0.15) is 0 Å². The molecule has 0 atom stereocenters. The molecule has 0 bridgehead atoms. The van der Waals surface area contributed by atoms with Crippen LogP contribution in [0.3, 0.4) is 0 Å². The van der Waals surface area contributed by atoms with E-state index in [9.17, 15) is 4.79 Å². The number of pyridine rings is 2. The largest absolute Gasteiger partial charge is 0.348 e. The van der Waals surface area contributed by atoms with Gasteiger partial charge in [0.15, 0.2) is 0 Å². The minimum Gasteiger partial charge on any atom is -0.348 e. The predicted molar refractivity (Wildman–Crippen MR) is 121 cm³/mol. The fraction of sp³-hybridized carbons (Fsp3) is 0.0417. The first kappa shape index (κ1) is 20.1. The highest BCUT2D eigenvalue weighted by Crippen LogP contribution is 2.28. The molecule has 4 aromatic rings. The molecular formula is C24H17Cl2N3O. The molecule has 0 saturated heterocycles. The van der Waals surface area contributed by atoms with Gasteiger partial charge in [-0.15, -0.1) is 0 Å². The van der Waals surface area contributed by atoms with Crippen LogP contribution in [0.5, 0.6) is 0 Å². The highest BCUT2D eigenvalue weighted by Gasteiger charge is 2.10. The molecule has 0 spiro atoms. The first-order chi connectivity index (χ1) is 14.6. The molecule has 0 aliphatic carbocycles. The number of carbonyl (C=O) groups excluding carboxylic acids is 1. The van der Waals surface area contributed by atoms with Crippen molar-refractivity contribution in [2.24, 2.45) is 0 Å². The van der Waals surface area contributed by atoms with Crippen LogP contribution in [0.1, 0.15) is 15.9 Å². The average Bonchev–Trinajstić information content (AvgIpc) is 2.80. The molecule has 2 heterocycles. The fourth-order valence-corrected chi connectivity index (χ4v) is 3.42. The van der Waals surface area contributed by atoms with Crippen LogP contribution >= 0.6 is 23.2 Å². The predicted octanol–water partition coefficient (Wildman–Crippen LogP) is 6.05. The van der Waals surface area contributed by atoms with Gasteiger partial charge in [-0.25, -0.2) is 0 Å². The smallest absolute Gasteiger partial charge is 0.251 e. The Bertz CT molecular complexity index is 1180. The standard InChI is InChI=1S/C24H17Cl2N3O/c25-21-8-7-19(14-22(21)26)16-3-5-18(6-4-16)24(30)29-15-20-2-1-11-28-23(20)17-9-12-27-13-10-17/h1-14H,15H2,(H,29,30). The molecule has 1 N–H and O–H groups in total. The zero-order chi connectivity index (χ0) is 20.9. The average molecular weight is 434 g/mol. The number of nitrogens with zero attached hydrogens (tertiary/aromatic N) is 2. The van der Waals surface area contributed by atoms with E-state index in [4.69, 9.17) is 23.2 Å². The summed E-state index contributed by atoms with van der Waals surface area (Å²) >= 11 is 12.1. The van der Waals surface area contributed by atoms with Crippen molar-refractivity contribution in [3.63, 3.8) is 0 Å². The maximum absolute atomic E-state index is 12.6. The van der Waals surface area contributed by atoms with E-state index in [1.165, 1.54) is 0 Å². The lowest BCUT2D eigenvalue weighted by atomic mass is 10.0. The van der Waals surface area contributed by atoms with Gasteiger partial charge in [-0.3, -0.25) is 14.8 Å². The monoisotopic (exact) mass is 433 g/mol. The molecular weight excluding hydrogens is 417 g/mol. The summed E-state index contributed by atoms with van der Waals surface area (Å²) in [4.78, 5) is 21.1. The Labute approximate surface area is 184 Å². The van der Waals surface area contributed by atoms with Gasteiger partial charge in [0.05, 0.1) is 15.7 Å². The lowest BCUT2D eigenvalue weighted by molar-refractivity contribution is 0.0951. The molecule has 0 fully saturated rings. The summed E-state index contributed by atoms with van der Waals surface area (Å²) in [5.74, 6) is -0.153. The van der Waals surface area contributed by atoms with E-state index in [1.54, 1.807) is 36.8 Å². The number of amides is 1. The Morgan fingerprint density at radius 1 is 0.800 bits per heavy atom. The number of halogens is 2. The van der Waals surface area contributed by atoms with Crippen molar-refractivity contribution in [2.45, 2.75) is 6.54 Å². The van der Waals surface area contributed by atoms with Crippen LogP contribution < -0.4 is 5.32 Å². The van der Waals surface area contributed by atoms with E-state index in [2.05, 4.69) is 15.3 Å². The van der Waals surface area contributed by atoms with Crippen molar-refractivity contribution in [3.8, 4) is 22.4 Å². The zero-order valence-corrected chi connectivity index (χ0v) is 17.4. The SMILES string of the molecule is O=C(NCc1cccnc1-c1ccncc1)c1ccc(-c2ccc(Cl)c(Cl)c2)cc1. The fourth-order valence-electron chi connectivity index (χ4n) is 3.12. The molecule has 4 rings (SSSR count). The third kappa shape index (κ3) is 4.51. The molecule has 30 heavy (non-hydrogen) atoms. The molecule has 2 aromatic carbocycles. The second kappa shape index (κ2) is 9.08. The maximum atomic E-state index is 12.6. The van der Waals surface area contributed by atoms with E-state index < -0.39 is 0 Å². The Kier molecular flexibility index (Phi) is 6.07. The Balaban J connectivity index is 1.47. The van der Waals surface area contributed by atoms with Crippen LogP contribution in [0.4, 0.5) is 0 Å². The van der Waals surface area contributed by atoms with Crippen LogP contribution in [-0.2, 0) is 6.54 Å². The van der Waals surface area contributed by atoms with E-state index in [0.717, 1.165) is 27.9 Å². The Morgan fingerprint density at radius 2 is 1.53 bits per heavy atom. The first-order valence-electron chi connectivity index (χ1n) is 9.30. The van der Waals surface area contributed by atoms with E-state index in [0.29, 0.717) is 22.2 Å². The molecule has 6 heteroatoms. The zero-order valence-electron chi connectivity index (χ0n) is 15.8. The molecule has 0 unspecified atom stereocenters. The minimum absolute atomic E-state index is 0.153. The summed E-state index contributed by atoms with van der Waals surface area (Å²) < 4.78 is 0. The lowest BCUT2D eigenvalue weighted by Gasteiger charge is -2.10. The summed E-state index contributed by atoms with van der Waals surface area (Å²) in [6, 6.07) is 20.4. The van der Waals surface area contributed by atoms with Crippen molar-refractivity contribution in [2.75, 3.05) is 0 Å². The Hall–Kier alpha value is -3.21. The van der Waals surface area contributed by atoms with Crippen LogP contribution in [0.25, 0.3) is 22.4 Å². The Morgan fingerprint density at radius 3 is 2.27 bits per heavy atom. The van der Waals surface area contributed by atoms with Crippen LogP contribution in [0.15, 0.2) is 85.3 Å². The summed E-state index contributed by atoms with van der Waals surface area (Å²) in [7, 11) is 0. The molecule has 0 radical (unpaired) electrons. The van der Waals surface area contributed by atoms with E-state index in [-0.39, 0.29) is 5.91 Å². The van der Waals surface area contributed by atoms with Crippen molar-refractivity contribution >= 4 is 29.1 Å². The number of nitrogens with one attached hydrogen (secondary N) is 1. The van der Waals surface area contributed by atoms with E-state index in [1.807, 2.05) is 48.5 Å². The summed E-state index contributed by atoms with van der Waals surface area (Å²) in [6.45, 7) is 0.374. The number of rotatable bonds is 5. The summed E-state index contributed by atoms with van der Waals surface area (Å²) in [5, 5.41) is 3.98. The first-order valence-corrected chi connectivity index (χ1v) is 10.1. The minimum atomic E-state index is -0.153. The quantitative estimate of drug-likeness (QED) is 0.416. The maximum Gasteiger partial charge on any atom is 0.251 e. The van der Waals surface area contributed by atoms with Crippen LogP contribution in [0, 0.1) is 0 Å². The van der Waals surface area contributed by atoms with Gasteiger partial charge in [0.25, 0.3) is 5.91 Å². The molecule has 2 aromatic heterocycles. The van der Waals surface area contributed by atoms with Crippen molar-refractivity contribution in [1.82, 2.24) is 15.3 Å². The number of benzene rings is 2. The van der Waals surface area contributed by atoms with Crippen LogP contribution in [-0.4, -0.2) is 15.9 Å². The van der Waals surface area contributed by atoms with Gasteiger partial charge in [0.2, 0.25) is 0 Å². The third-order valence-corrected chi connectivity index (χ3v) is 5.42. The molecule has 4 nitrogen and oxygen atoms in total. The van der Waals surface area contributed by atoms with Gasteiger partial charge in [-0.1, -0.05) is 47.5 Å². The summed E-state index contributed by atoms with van der Waals surface area (Å²) in [6.07, 6.45) is 5.19. The summed E-state index contributed by atoms with van der Waals surface area (Å²) in [5.41, 5.74) is 5.19. The van der Waals surface area contributed by atoms with Gasteiger partial charge < -0.3 is 5.32 Å². The van der Waals surface area contributed by atoms with Gasteiger partial charge in [0.1, 0.15) is 0 Å². The topological polar surface area (TPSA) is 54.9 Å². The number of carbonyl (C=O) groups is 1. The number of hydrogen-bond acceptors (Lipinski definition) is 3. The number of hydrogen-bond donors (Lipinski definition) is 1. The second-order valence-corrected chi connectivity index (χ2v) is 7.45. The highest BCUT2D eigenvalue weighted by atomic mass is 35.5. The van der Waals surface area contributed by atoms with Gasteiger partial charge >= 0.3 is 0 Å². The van der Waals surface area contributed by atoms with Crippen molar-refractivity contribution in [3.05, 3.63) is 106 Å². The second-order valence-electron chi connectivity index (χ2n) is 6.64. The van der Waals surface area contributed by atoms with Gasteiger partial charge in [-0.05, 0) is 59.2 Å². The highest BCUT2D eigenvalue weighted by molar-refractivity contribution is 6.42. The normalized spacial score (nSPS) is 10.6. The lowest BCUT2D eigenvalue weighted by Crippen LogP contribution is -2.23. The van der Waals surface area contributed by atoms with Gasteiger partial charge in [0, 0.05) is 36.3 Å². The number of aromatic nitrogens is 2. The molecule has 1 amide bonds. The van der Waals surface area contributed by atoms with Crippen LogP contribution in [0.2, 0.25) is 10.0 Å². The molecule has 148 valence electrons. The van der Waals surface area contributed by atoms with Crippen molar-refractivity contribution in [1.29, 1.82) is 0 Å². The third-order valence-electron chi connectivity index (χ3n) is 4.68.